The molecule has 0 spiro atoms. The highest BCUT2D eigenvalue weighted by Gasteiger charge is 2.19. The maximum atomic E-state index is 12.2. The number of aromatic nitrogens is 3. The number of nitrogens with zero attached hydrogens (tertiary/aromatic N) is 3. The Bertz CT molecular complexity index is 824. The summed E-state index contributed by atoms with van der Waals surface area (Å²) >= 11 is 1.41. The molecule has 1 atom stereocenters. The number of imidazole rings is 1. The van der Waals surface area contributed by atoms with E-state index in [2.05, 4.69) is 15.5 Å². The Balaban J connectivity index is 1.73. The molecule has 0 saturated heterocycles. The number of amides is 1. The summed E-state index contributed by atoms with van der Waals surface area (Å²) in [6, 6.07) is 9.58. The van der Waals surface area contributed by atoms with E-state index in [-0.39, 0.29) is 11.2 Å². The molecule has 0 aliphatic rings. The average molecular weight is 316 g/mol. The van der Waals surface area contributed by atoms with Gasteiger partial charge in [0, 0.05) is 13.1 Å². The van der Waals surface area contributed by atoms with Crippen LogP contribution in [0, 0.1) is 6.92 Å². The third kappa shape index (κ3) is 2.85. The molecule has 7 heteroatoms. The van der Waals surface area contributed by atoms with E-state index in [9.17, 15) is 4.79 Å². The molecule has 0 aliphatic heterocycles. The number of anilines is 1. The van der Waals surface area contributed by atoms with E-state index in [1.54, 1.807) is 13.0 Å². The van der Waals surface area contributed by atoms with Crippen molar-refractivity contribution in [3.63, 3.8) is 0 Å². The lowest BCUT2D eigenvalue weighted by atomic mass is 10.3. The molecule has 3 aromatic rings. The Hall–Kier alpha value is -2.28. The lowest BCUT2D eigenvalue weighted by Crippen LogP contribution is -2.22. The van der Waals surface area contributed by atoms with Crippen LogP contribution in [0.1, 0.15) is 12.7 Å². The molecule has 0 radical (unpaired) electrons. The summed E-state index contributed by atoms with van der Waals surface area (Å²) in [6.07, 6.45) is 0. The number of thioether (sulfide) groups is 1. The highest BCUT2D eigenvalue weighted by Crippen LogP contribution is 2.26. The molecular weight excluding hydrogens is 300 g/mol. The highest BCUT2D eigenvalue weighted by molar-refractivity contribution is 8.00. The highest BCUT2D eigenvalue weighted by atomic mass is 32.2. The Labute approximate surface area is 131 Å². The van der Waals surface area contributed by atoms with Crippen molar-refractivity contribution in [2.24, 2.45) is 7.05 Å². The smallest absolute Gasteiger partial charge is 0.238 e. The van der Waals surface area contributed by atoms with Crippen LogP contribution in [-0.2, 0) is 11.8 Å². The molecule has 0 unspecified atom stereocenters. The maximum Gasteiger partial charge on any atom is 0.238 e. The number of benzene rings is 1. The third-order valence-corrected chi connectivity index (χ3v) is 4.42. The Kier molecular flexibility index (Phi) is 3.89. The standard InChI is InChI=1S/C15H16N4O2S/c1-9-8-13(18-21-9)17-14(20)10(2)22-15-16-11-6-4-5-7-12(11)19(15)3/h4-8,10H,1-3H3,(H,17,18,20)/t10-/m1/s1. The molecule has 0 aliphatic carbocycles. The van der Waals surface area contributed by atoms with Gasteiger partial charge in [0.15, 0.2) is 11.0 Å². The van der Waals surface area contributed by atoms with Gasteiger partial charge in [-0.15, -0.1) is 0 Å². The first-order valence-electron chi connectivity index (χ1n) is 6.87. The van der Waals surface area contributed by atoms with E-state index in [0.29, 0.717) is 11.6 Å². The molecule has 1 aromatic carbocycles. The van der Waals surface area contributed by atoms with Crippen molar-refractivity contribution < 1.29 is 9.32 Å². The third-order valence-electron chi connectivity index (χ3n) is 3.28. The Morgan fingerprint density at radius 2 is 2.18 bits per heavy atom. The van der Waals surface area contributed by atoms with Gasteiger partial charge in [-0.1, -0.05) is 29.1 Å². The first-order valence-corrected chi connectivity index (χ1v) is 7.75. The van der Waals surface area contributed by atoms with Crippen LogP contribution >= 0.6 is 11.8 Å². The number of hydrogen-bond acceptors (Lipinski definition) is 5. The van der Waals surface area contributed by atoms with E-state index in [1.807, 2.05) is 42.8 Å². The number of carbonyl (C=O) groups excluding carboxylic acids is 1. The molecule has 6 nitrogen and oxygen atoms in total. The van der Waals surface area contributed by atoms with E-state index >= 15 is 0 Å². The minimum atomic E-state index is -0.299. The predicted octanol–water partition coefficient (Wildman–Crippen LogP) is 2.99. The summed E-state index contributed by atoms with van der Waals surface area (Å²) < 4.78 is 6.92. The van der Waals surface area contributed by atoms with Gasteiger partial charge < -0.3 is 14.4 Å². The van der Waals surface area contributed by atoms with Gasteiger partial charge in [0.2, 0.25) is 5.91 Å². The first-order chi connectivity index (χ1) is 10.5. The molecule has 1 amide bonds. The summed E-state index contributed by atoms with van der Waals surface area (Å²) in [5, 5.41) is 7.00. The minimum absolute atomic E-state index is 0.134. The van der Waals surface area contributed by atoms with Crippen LogP contribution in [0.15, 0.2) is 40.0 Å². The Morgan fingerprint density at radius 3 is 2.86 bits per heavy atom. The largest absolute Gasteiger partial charge is 0.360 e. The van der Waals surface area contributed by atoms with Crippen LogP contribution in [0.2, 0.25) is 0 Å². The molecule has 0 saturated carbocycles. The van der Waals surface area contributed by atoms with E-state index in [1.165, 1.54) is 11.8 Å². The van der Waals surface area contributed by atoms with Crippen LogP contribution in [0.3, 0.4) is 0 Å². The van der Waals surface area contributed by atoms with Crippen molar-refractivity contribution in [1.82, 2.24) is 14.7 Å². The van der Waals surface area contributed by atoms with Gasteiger partial charge in [0.1, 0.15) is 5.76 Å². The molecule has 2 aromatic heterocycles. The number of fused-ring (bicyclic) bond motifs is 1. The van der Waals surface area contributed by atoms with Gasteiger partial charge in [0.25, 0.3) is 0 Å². The van der Waals surface area contributed by atoms with Crippen molar-refractivity contribution >= 4 is 34.5 Å². The zero-order chi connectivity index (χ0) is 15.7. The summed E-state index contributed by atoms with van der Waals surface area (Å²) in [7, 11) is 1.95. The zero-order valence-electron chi connectivity index (χ0n) is 12.5. The summed E-state index contributed by atoms with van der Waals surface area (Å²) in [4.78, 5) is 16.8. The van der Waals surface area contributed by atoms with E-state index in [0.717, 1.165) is 16.2 Å². The molecular formula is C15H16N4O2S. The van der Waals surface area contributed by atoms with Crippen LogP contribution < -0.4 is 5.32 Å². The fourth-order valence-corrected chi connectivity index (χ4v) is 2.98. The molecule has 0 bridgehead atoms. The number of hydrogen-bond donors (Lipinski definition) is 1. The SMILES string of the molecule is Cc1cc(NC(=O)[C@@H](C)Sc2nc3ccccc3n2C)no1. The van der Waals surface area contributed by atoms with E-state index in [4.69, 9.17) is 4.52 Å². The van der Waals surface area contributed by atoms with Crippen LogP contribution in [0.5, 0.6) is 0 Å². The zero-order valence-corrected chi connectivity index (χ0v) is 13.3. The van der Waals surface area contributed by atoms with Gasteiger partial charge in [-0.2, -0.15) is 0 Å². The summed E-state index contributed by atoms with van der Waals surface area (Å²) in [6.45, 7) is 3.62. The molecule has 114 valence electrons. The predicted molar refractivity (Wildman–Crippen MR) is 85.9 cm³/mol. The van der Waals surface area contributed by atoms with E-state index < -0.39 is 0 Å². The van der Waals surface area contributed by atoms with Gasteiger partial charge in [-0.05, 0) is 26.0 Å². The fourth-order valence-electron chi connectivity index (χ4n) is 2.09. The second kappa shape index (κ2) is 5.84. The lowest BCUT2D eigenvalue weighted by Gasteiger charge is -2.09. The lowest BCUT2D eigenvalue weighted by molar-refractivity contribution is -0.115. The molecule has 22 heavy (non-hydrogen) atoms. The molecule has 2 heterocycles. The molecule has 0 fully saturated rings. The van der Waals surface area contributed by atoms with Crippen LogP contribution in [0.25, 0.3) is 11.0 Å². The number of para-hydroxylation sites is 2. The number of carbonyl (C=O) groups is 1. The molecule has 1 N–H and O–H groups in total. The van der Waals surface area contributed by atoms with Gasteiger partial charge in [0.05, 0.1) is 16.3 Å². The molecule has 3 rings (SSSR count). The van der Waals surface area contributed by atoms with Gasteiger partial charge in [-0.3, -0.25) is 4.79 Å². The van der Waals surface area contributed by atoms with Crippen molar-refractivity contribution in [2.75, 3.05) is 5.32 Å². The van der Waals surface area contributed by atoms with Gasteiger partial charge >= 0.3 is 0 Å². The fraction of sp³-hybridized carbons (Fsp3) is 0.267. The average Bonchev–Trinajstić information content (AvgIpc) is 3.04. The second-order valence-electron chi connectivity index (χ2n) is 5.01. The minimum Gasteiger partial charge on any atom is -0.360 e. The number of rotatable bonds is 4. The van der Waals surface area contributed by atoms with Crippen LogP contribution in [-0.4, -0.2) is 25.9 Å². The summed E-state index contributed by atoms with van der Waals surface area (Å²) in [5.41, 5.74) is 1.97. The number of aryl methyl sites for hydroxylation is 2. The number of nitrogens with one attached hydrogen (secondary N) is 1. The monoisotopic (exact) mass is 316 g/mol. The maximum absolute atomic E-state index is 12.2. The second-order valence-corrected chi connectivity index (χ2v) is 6.32. The summed E-state index contributed by atoms with van der Waals surface area (Å²) in [5.74, 6) is 0.955. The van der Waals surface area contributed by atoms with Crippen LogP contribution in [0.4, 0.5) is 5.82 Å². The van der Waals surface area contributed by atoms with Gasteiger partial charge in [-0.25, -0.2) is 4.98 Å². The Morgan fingerprint density at radius 1 is 1.41 bits per heavy atom. The van der Waals surface area contributed by atoms with Crippen molar-refractivity contribution in [1.29, 1.82) is 0 Å². The van der Waals surface area contributed by atoms with Crippen molar-refractivity contribution in [2.45, 2.75) is 24.3 Å². The quantitative estimate of drug-likeness (QED) is 0.749. The first kappa shape index (κ1) is 14.6. The normalized spacial score (nSPS) is 12.5. The van der Waals surface area contributed by atoms with Crippen molar-refractivity contribution in [3.05, 3.63) is 36.1 Å². The topological polar surface area (TPSA) is 73.0 Å². The van der Waals surface area contributed by atoms with Crippen molar-refractivity contribution in [3.8, 4) is 0 Å².